The van der Waals surface area contributed by atoms with Crippen LogP contribution in [0.25, 0.3) is 0 Å². The van der Waals surface area contributed by atoms with Crippen LogP contribution in [0.4, 0.5) is 4.79 Å². The topological polar surface area (TPSA) is 63.7 Å². The highest BCUT2D eigenvalue weighted by Gasteiger charge is 2.35. The van der Waals surface area contributed by atoms with Gasteiger partial charge < -0.3 is 9.64 Å². The molecule has 1 saturated heterocycles. The fourth-order valence-electron chi connectivity index (χ4n) is 2.56. The summed E-state index contributed by atoms with van der Waals surface area (Å²) in [5.41, 5.74) is -0.588. The first-order chi connectivity index (χ1) is 10.6. The highest BCUT2D eigenvalue weighted by Crippen LogP contribution is 2.25. The van der Waals surface area contributed by atoms with Gasteiger partial charge in [0, 0.05) is 17.1 Å². The molecule has 1 aromatic carbocycles. The van der Waals surface area contributed by atoms with Crippen molar-refractivity contribution in [1.82, 2.24) is 4.90 Å². The Labute approximate surface area is 146 Å². The molecule has 1 aliphatic rings. The molecule has 23 heavy (non-hydrogen) atoms. The Bertz CT molecular complexity index is 664. The Morgan fingerprint density at radius 3 is 2.48 bits per heavy atom. The van der Waals surface area contributed by atoms with Crippen molar-refractivity contribution in [1.29, 1.82) is 0 Å². The molecular formula is C16H22BrNO4S. The van der Waals surface area contributed by atoms with Gasteiger partial charge in [-0.15, -0.1) is 0 Å². The molecule has 0 radical (unpaired) electrons. The van der Waals surface area contributed by atoms with Crippen molar-refractivity contribution in [2.45, 2.75) is 50.2 Å². The van der Waals surface area contributed by atoms with Gasteiger partial charge >= 0.3 is 6.09 Å². The fourth-order valence-corrected chi connectivity index (χ4v) is 4.42. The van der Waals surface area contributed by atoms with E-state index in [1.807, 2.05) is 0 Å². The Kier molecular flexibility index (Phi) is 5.41. The zero-order valence-corrected chi connectivity index (χ0v) is 16.0. The van der Waals surface area contributed by atoms with Crippen molar-refractivity contribution in [2.24, 2.45) is 0 Å². The van der Waals surface area contributed by atoms with Gasteiger partial charge in [-0.3, -0.25) is 0 Å². The number of halogens is 1. The van der Waals surface area contributed by atoms with Gasteiger partial charge in [0.2, 0.25) is 0 Å². The molecule has 5 nitrogen and oxygen atoms in total. The van der Waals surface area contributed by atoms with Crippen molar-refractivity contribution in [3.8, 4) is 0 Å². The number of ether oxygens (including phenoxy) is 1. The number of hydrogen-bond acceptors (Lipinski definition) is 4. The van der Waals surface area contributed by atoms with Crippen molar-refractivity contribution in [3.63, 3.8) is 0 Å². The van der Waals surface area contributed by atoms with Crippen LogP contribution in [0.3, 0.4) is 0 Å². The van der Waals surface area contributed by atoms with Crippen LogP contribution in [-0.2, 0) is 14.6 Å². The Hall–Kier alpha value is -1.08. The molecule has 1 aliphatic heterocycles. The summed E-state index contributed by atoms with van der Waals surface area (Å²) in [6, 6.07) is 6.22. The van der Waals surface area contributed by atoms with Gasteiger partial charge in [-0.2, -0.15) is 0 Å². The molecule has 0 aliphatic carbocycles. The lowest BCUT2D eigenvalue weighted by atomic mass is 10.2. The Morgan fingerprint density at radius 1 is 1.30 bits per heavy atom. The molecule has 1 atom stereocenters. The van der Waals surface area contributed by atoms with Crippen LogP contribution in [0.2, 0.25) is 0 Å². The number of likely N-dealkylation sites (tertiary alicyclic amines) is 1. The molecule has 0 bridgehead atoms. The molecule has 7 heteroatoms. The molecule has 1 heterocycles. The molecule has 0 aromatic heterocycles. The fraction of sp³-hybridized carbons (Fsp3) is 0.562. The monoisotopic (exact) mass is 403 g/mol. The average Bonchev–Trinajstić information content (AvgIpc) is 2.84. The van der Waals surface area contributed by atoms with Gasteiger partial charge in [-0.25, -0.2) is 13.2 Å². The quantitative estimate of drug-likeness (QED) is 0.772. The second-order valence-corrected chi connectivity index (χ2v) is 9.66. The van der Waals surface area contributed by atoms with Crippen LogP contribution in [0.5, 0.6) is 0 Å². The van der Waals surface area contributed by atoms with E-state index in [0.717, 1.165) is 10.9 Å². The predicted molar refractivity (Wildman–Crippen MR) is 92.2 cm³/mol. The summed E-state index contributed by atoms with van der Waals surface area (Å²) in [7, 11) is -3.44. The third-order valence-corrected chi connectivity index (χ3v) is 5.93. The first kappa shape index (κ1) is 18.3. The largest absolute Gasteiger partial charge is 0.444 e. The minimum atomic E-state index is -3.44. The zero-order valence-electron chi connectivity index (χ0n) is 13.6. The highest BCUT2D eigenvalue weighted by atomic mass is 79.9. The molecule has 1 amide bonds. The van der Waals surface area contributed by atoms with E-state index >= 15 is 0 Å². The first-order valence-corrected chi connectivity index (χ1v) is 10.0. The SMILES string of the molecule is CC(C)(C)OC(=O)N1CCC[C@H]1CS(=O)(=O)c1ccc(Br)cc1. The van der Waals surface area contributed by atoms with E-state index in [2.05, 4.69) is 15.9 Å². The van der Waals surface area contributed by atoms with Gasteiger partial charge in [0.15, 0.2) is 9.84 Å². The maximum Gasteiger partial charge on any atom is 0.410 e. The lowest BCUT2D eigenvalue weighted by Gasteiger charge is -2.28. The van der Waals surface area contributed by atoms with E-state index in [1.165, 1.54) is 0 Å². The third-order valence-electron chi connectivity index (χ3n) is 3.59. The van der Waals surface area contributed by atoms with Crippen LogP contribution >= 0.6 is 15.9 Å². The van der Waals surface area contributed by atoms with Crippen LogP contribution in [0, 0.1) is 0 Å². The molecule has 0 saturated carbocycles. The molecule has 1 fully saturated rings. The van der Waals surface area contributed by atoms with Crippen molar-refractivity contribution in [2.75, 3.05) is 12.3 Å². The average molecular weight is 404 g/mol. The van der Waals surface area contributed by atoms with Gasteiger partial charge in [-0.05, 0) is 57.9 Å². The van der Waals surface area contributed by atoms with Crippen molar-refractivity contribution >= 4 is 31.9 Å². The summed E-state index contributed by atoms with van der Waals surface area (Å²) in [4.78, 5) is 14.1. The minimum absolute atomic E-state index is 0.0755. The summed E-state index contributed by atoms with van der Waals surface area (Å²) < 4.78 is 31.3. The van der Waals surface area contributed by atoms with Crippen LogP contribution in [0.15, 0.2) is 33.6 Å². The van der Waals surface area contributed by atoms with E-state index in [-0.39, 0.29) is 16.7 Å². The number of rotatable bonds is 3. The maximum atomic E-state index is 12.6. The lowest BCUT2D eigenvalue weighted by molar-refractivity contribution is 0.0241. The van der Waals surface area contributed by atoms with E-state index in [0.29, 0.717) is 13.0 Å². The van der Waals surface area contributed by atoms with Crippen LogP contribution in [0.1, 0.15) is 33.6 Å². The summed E-state index contributed by atoms with van der Waals surface area (Å²) in [5.74, 6) is -0.0755. The lowest BCUT2D eigenvalue weighted by Crippen LogP contribution is -2.42. The first-order valence-electron chi connectivity index (χ1n) is 7.56. The number of sulfone groups is 1. The summed E-state index contributed by atoms with van der Waals surface area (Å²) in [5, 5.41) is 0. The van der Waals surface area contributed by atoms with Crippen LogP contribution < -0.4 is 0 Å². The summed E-state index contributed by atoms with van der Waals surface area (Å²) in [6.45, 7) is 5.94. The molecule has 0 N–H and O–H groups in total. The van der Waals surface area contributed by atoms with Crippen LogP contribution in [-0.4, -0.2) is 43.4 Å². The molecule has 1 aromatic rings. The zero-order chi connectivity index (χ0) is 17.3. The van der Waals surface area contributed by atoms with Gasteiger partial charge in [0.05, 0.1) is 10.6 Å². The number of benzene rings is 1. The number of carbonyl (C=O) groups is 1. The number of hydrogen-bond donors (Lipinski definition) is 0. The van der Waals surface area contributed by atoms with E-state index in [1.54, 1.807) is 49.9 Å². The second kappa shape index (κ2) is 6.81. The van der Waals surface area contributed by atoms with Gasteiger partial charge in [-0.1, -0.05) is 15.9 Å². The molecular weight excluding hydrogens is 382 g/mol. The predicted octanol–water partition coefficient (Wildman–Crippen LogP) is 3.62. The van der Waals surface area contributed by atoms with E-state index in [4.69, 9.17) is 4.74 Å². The van der Waals surface area contributed by atoms with Gasteiger partial charge in [0.25, 0.3) is 0 Å². The second-order valence-electron chi connectivity index (χ2n) is 6.71. The Balaban J connectivity index is 2.11. The summed E-state index contributed by atoms with van der Waals surface area (Å²) >= 11 is 3.29. The number of amides is 1. The Morgan fingerprint density at radius 2 is 1.91 bits per heavy atom. The summed E-state index contributed by atoms with van der Waals surface area (Å²) in [6.07, 6.45) is 1.03. The third kappa shape index (κ3) is 4.94. The normalized spacial score (nSPS) is 19.0. The molecule has 0 spiro atoms. The molecule has 2 rings (SSSR count). The van der Waals surface area contributed by atoms with E-state index in [9.17, 15) is 13.2 Å². The maximum absolute atomic E-state index is 12.6. The number of carbonyl (C=O) groups excluding carboxylic acids is 1. The van der Waals surface area contributed by atoms with Gasteiger partial charge in [0.1, 0.15) is 5.60 Å². The molecule has 0 unspecified atom stereocenters. The highest BCUT2D eigenvalue weighted by molar-refractivity contribution is 9.10. The molecule has 128 valence electrons. The van der Waals surface area contributed by atoms with Crippen molar-refractivity contribution in [3.05, 3.63) is 28.7 Å². The van der Waals surface area contributed by atoms with E-state index < -0.39 is 21.5 Å². The number of nitrogens with zero attached hydrogens (tertiary/aromatic N) is 1. The smallest absolute Gasteiger partial charge is 0.410 e. The minimum Gasteiger partial charge on any atom is -0.444 e. The van der Waals surface area contributed by atoms with Crippen molar-refractivity contribution < 1.29 is 17.9 Å². The standard InChI is InChI=1S/C16H22BrNO4S/c1-16(2,3)22-15(19)18-10-4-5-13(18)11-23(20,21)14-8-6-12(17)7-9-14/h6-9,13H,4-5,10-11H2,1-3H3/t13-/m0/s1.